The molecule has 0 saturated carbocycles. The zero-order chi connectivity index (χ0) is 14.5. The topological polar surface area (TPSA) is 7.68 Å². The first-order chi connectivity index (χ1) is 9.86. The van der Waals surface area contributed by atoms with E-state index in [0.29, 0.717) is 0 Å². The highest BCUT2D eigenvalue weighted by molar-refractivity contribution is 6.18. The van der Waals surface area contributed by atoms with Crippen molar-refractivity contribution in [3.05, 3.63) is 0 Å². The zero-order valence-electron chi connectivity index (χ0n) is 13.4. The number of hydrogen-bond acceptors (Lipinski definition) is 1. The molecule has 0 aliphatic carbocycles. The van der Waals surface area contributed by atoms with Crippen molar-refractivity contribution < 1.29 is 17.3 Å². The van der Waals surface area contributed by atoms with E-state index in [9.17, 15) is 0 Å². The van der Waals surface area contributed by atoms with Gasteiger partial charge < -0.3 is 22.2 Å². The van der Waals surface area contributed by atoms with Crippen LogP contribution >= 0.6 is 23.2 Å². The Hall–Kier alpha value is 0.790. The quantitative estimate of drug-likeness (QED) is 0.645. The fourth-order valence-electron chi connectivity index (χ4n) is 3.08. The van der Waals surface area contributed by atoms with Crippen molar-refractivity contribution in [2.75, 3.05) is 51.0 Å². The number of nitrogens with zero attached hydrogens (tertiary/aromatic N) is 1. The molecule has 0 aromatic carbocycles. The van der Waals surface area contributed by atoms with Crippen LogP contribution in [0.2, 0.25) is 0 Å². The van der Waals surface area contributed by atoms with Crippen molar-refractivity contribution in [2.45, 2.75) is 51.4 Å². The second-order valence-electron chi connectivity index (χ2n) is 6.05. The molecule has 0 spiro atoms. The first kappa shape index (κ1) is 21.8. The minimum atomic E-state index is 0. The lowest BCUT2D eigenvalue weighted by Crippen LogP contribution is -3.12. The summed E-state index contributed by atoms with van der Waals surface area (Å²) in [6.45, 7) is 7.88. The Morgan fingerprint density at radius 3 is 1.90 bits per heavy atom. The normalized spacial score (nSPS) is 20.3. The summed E-state index contributed by atoms with van der Waals surface area (Å²) in [6.07, 6.45) is 10.9. The first-order valence-corrected chi connectivity index (χ1v) is 9.61. The second kappa shape index (κ2) is 15.7. The Morgan fingerprint density at radius 2 is 1.33 bits per heavy atom. The van der Waals surface area contributed by atoms with E-state index in [1.807, 2.05) is 0 Å². The molecule has 0 unspecified atom stereocenters. The second-order valence-corrected chi connectivity index (χ2v) is 6.80. The molecule has 0 atom stereocenters. The molecule has 0 radical (unpaired) electrons. The number of quaternary nitrogens is 1. The van der Waals surface area contributed by atoms with E-state index in [0.717, 1.165) is 18.2 Å². The summed E-state index contributed by atoms with van der Waals surface area (Å²) in [7, 11) is 0. The van der Waals surface area contributed by atoms with E-state index in [-0.39, 0.29) is 12.4 Å². The van der Waals surface area contributed by atoms with Gasteiger partial charge in [-0.15, -0.1) is 23.2 Å². The van der Waals surface area contributed by atoms with Crippen LogP contribution in [0.1, 0.15) is 51.4 Å². The van der Waals surface area contributed by atoms with Gasteiger partial charge in [-0.2, -0.15) is 0 Å². The van der Waals surface area contributed by atoms with Crippen molar-refractivity contribution in [3.8, 4) is 0 Å². The Bertz CT molecular complexity index is 184. The molecule has 2 saturated heterocycles. The minimum absolute atomic E-state index is 0. The van der Waals surface area contributed by atoms with E-state index in [1.165, 1.54) is 84.2 Å². The summed E-state index contributed by atoms with van der Waals surface area (Å²) in [5, 5.41) is 0. The van der Waals surface area contributed by atoms with Crippen LogP contribution in [0.4, 0.5) is 0 Å². The molecule has 0 aromatic heterocycles. The number of piperidine rings is 2. The number of halogens is 3. The molecule has 0 aromatic rings. The van der Waals surface area contributed by atoms with Gasteiger partial charge >= 0.3 is 0 Å². The maximum atomic E-state index is 5.61. The van der Waals surface area contributed by atoms with Crippen LogP contribution in [0.3, 0.4) is 0 Å². The molecule has 2 aliphatic heterocycles. The van der Waals surface area contributed by atoms with Crippen LogP contribution in [0.25, 0.3) is 0 Å². The lowest BCUT2D eigenvalue weighted by atomic mass is 10.1. The van der Waals surface area contributed by atoms with Gasteiger partial charge in [0.25, 0.3) is 0 Å². The Balaban J connectivity index is 0.000000364. The summed E-state index contributed by atoms with van der Waals surface area (Å²) in [5.41, 5.74) is 0. The summed E-state index contributed by atoms with van der Waals surface area (Å²) in [5.74, 6) is 1.65. The molecule has 2 fully saturated rings. The minimum Gasteiger partial charge on any atom is -1.00 e. The highest BCUT2D eigenvalue weighted by atomic mass is 35.5. The van der Waals surface area contributed by atoms with Gasteiger partial charge in [-0.3, -0.25) is 0 Å². The van der Waals surface area contributed by atoms with Gasteiger partial charge in [0, 0.05) is 18.2 Å². The predicted octanol–water partition coefficient (Wildman–Crippen LogP) is -0.211. The SMILES string of the molecule is ClCCCN1CCCCC1.ClCCC[NH+]1CCCCC1.[Cl-]. The van der Waals surface area contributed by atoms with Crippen LogP contribution < -0.4 is 17.3 Å². The van der Waals surface area contributed by atoms with Crippen molar-refractivity contribution in [1.29, 1.82) is 0 Å². The third-order valence-electron chi connectivity index (χ3n) is 4.28. The molecular weight excluding hydrogens is 327 g/mol. The number of rotatable bonds is 6. The highest BCUT2D eigenvalue weighted by Gasteiger charge is 2.11. The summed E-state index contributed by atoms with van der Waals surface area (Å²) < 4.78 is 0. The maximum Gasteiger partial charge on any atom is 0.0782 e. The van der Waals surface area contributed by atoms with Gasteiger partial charge in [0.1, 0.15) is 0 Å². The molecule has 5 heteroatoms. The average molecular weight is 360 g/mol. The van der Waals surface area contributed by atoms with Gasteiger partial charge in [0.2, 0.25) is 0 Å². The highest BCUT2D eigenvalue weighted by Crippen LogP contribution is 2.08. The van der Waals surface area contributed by atoms with Crippen LogP contribution in [-0.2, 0) is 0 Å². The third-order valence-corrected chi connectivity index (χ3v) is 4.82. The smallest absolute Gasteiger partial charge is 0.0782 e. The first-order valence-electron chi connectivity index (χ1n) is 8.54. The fourth-order valence-corrected chi connectivity index (χ4v) is 3.34. The molecule has 2 rings (SSSR count). The van der Waals surface area contributed by atoms with Gasteiger partial charge in [0.15, 0.2) is 0 Å². The van der Waals surface area contributed by atoms with E-state index >= 15 is 0 Å². The molecule has 21 heavy (non-hydrogen) atoms. The molecule has 128 valence electrons. The number of likely N-dealkylation sites (tertiary alicyclic amines) is 2. The van der Waals surface area contributed by atoms with Crippen LogP contribution in [0.15, 0.2) is 0 Å². The van der Waals surface area contributed by atoms with Crippen LogP contribution in [0.5, 0.6) is 0 Å². The maximum absolute atomic E-state index is 5.61. The van der Waals surface area contributed by atoms with Gasteiger partial charge in [0.05, 0.1) is 19.6 Å². The lowest BCUT2D eigenvalue weighted by molar-refractivity contribution is -0.904. The van der Waals surface area contributed by atoms with Gasteiger partial charge in [-0.1, -0.05) is 6.42 Å². The monoisotopic (exact) mass is 358 g/mol. The van der Waals surface area contributed by atoms with Gasteiger partial charge in [-0.25, -0.2) is 0 Å². The molecule has 2 nitrogen and oxygen atoms in total. The summed E-state index contributed by atoms with van der Waals surface area (Å²) in [4.78, 5) is 4.29. The lowest BCUT2D eigenvalue weighted by Gasteiger charge is -2.25. The van der Waals surface area contributed by atoms with E-state index < -0.39 is 0 Å². The number of alkyl halides is 2. The van der Waals surface area contributed by atoms with E-state index in [2.05, 4.69) is 4.90 Å². The average Bonchev–Trinajstić information content (AvgIpc) is 2.53. The molecule has 2 heterocycles. The Morgan fingerprint density at radius 1 is 0.762 bits per heavy atom. The number of nitrogens with one attached hydrogen (secondary N) is 1. The zero-order valence-corrected chi connectivity index (χ0v) is 15.7. The third kappa shape index (κ3) is 11.9. The standard InChI is InChI=1S/2C8H16ClN.ClH/c2*9-5-4-8-10-6-2-1-3-7-10;/h2*1-8H2;1H. The fraction of sp³-hybridized carbons (Fsp3) is 1.00. The summed E-state index contributed by atoms with van der Waals surface area (Å²) in [6, 6.07) is 0. The van der Waals surface area contributed by atoms with Crippen molar-refractivity contribution in [3.63, 3.8) is 0 Å². The molecule has 2 aliphatic rings. The Kier molecular flexibility index (Phi) is 16.3. The van der Waals surface area contributed by atoms with E-state index in [4.69, 9.17) is 23.2 Å². The predicted molar refractivity (Wildman–Crippen MR) is 90.4 cm³/mol. The molecular formula is C16H33Cl3N2. The summed E-state index contributed by atoms with van der Waals surface area (Å²) >= 11 is 11.2. The Labute approximate surface area is 147 Å². The van der Waals surface area contributed by atoms with E-state index in [1.54, 1.807) is 4.90 Å². The van der Waals surface area contributed by atoms with Crippen LogP contribution in [-0.4, -0.2) is 55.9 Å². The van der Waals surface area contributed by atoms with Crippen molar-refractivity contribution >= 4 is 23.2 Å². The van der Waals surface area contributed by atoms with Crippen molar-refractivity contribution in [1.82, 2.24) is 4.90 Å². The largest absolute Gasteiger partial charge is 1.00 e. The molecule has 1 N–H and O–H groups in total. The molecule has 0 amide bonds. The molecule has 0 bridgehead atoms. The van der Waals surface area contributed by atoms with Crippen LogP contribution in [0, 0.1) is 0 Å². The van der Waals surface area contributed by atoms with Gasteiger partial charge in [-0.05, 0) is 58.2 Å². The van der Waals surface area contributed by atoms with Crippen molar-refractivity contribution in [2.24, 2.45) is 0 Å². The number of hydrogen-bond donors (Lipinski definition) is 1.